The lowest BCUT2D eigenvalue weighted by Crippen LogP contribution is -2.33. The third-order valence-corrected chi connectivity index (χ3v) is 3.16. The number of amides is 1. The van der Waals surface area contributed by atoms with Gasteiger partial charge in [-0.25, -0.2) is 4.98 Å². The van der Waals surface area contributed by atoms with Crippen LogP contribution in [0, 0.1) is 0 Å². The van der Waals surface area contributed by atoms with Crippen LogP contribution in [0.2, 0.25) is 0 Å². The molecule has 0 unspecified atom stereocenters. The largest absolute Gasteiger partial charge is 0.467 e. The summed E-state index contributed by atoms with van der Waals surface area (Å²) >= 11 is 0. The number of carbonyl (C=O) groups excluding carboxylic acids is 1. The molecule has 98 valence electrons. The van der Waals surface area contributed by atoms with Gasteiger partial charge in [-0.1, -0.05) is 0 Å². The van der Waals surface area contributed by atoms with E-state index in [-0.39, 0.29) is 5.91 Å². The lowest BCUT2D eigenvalue weighted by Gasteiger charge is -2.20. The minimum Gasteiger partial charge on any atom is -0.467 e. The number of carbonyl (C=O) groups is 1. The molecule has 1 saturated carbocycles. The van der Waals surface area contributed by atoms with Crippen LogP contribution < -0.4 is 5.73 Å². The summed E-state index contributed by atoms with van der Waals surface area (Å²) in [5, 5.41) is 0. The molecule has 2 heterocycles. The van der Waals surface area contributed by atoms with Gasteiger partial charge >= 0.3 is 0 Å². The lowest BCUT2D eigenvalue weighted by atomic mass is 10.2. The predicted octanol–water partition coefficient (Wildman–Crippen LogP) is 2.06. The molecular weight excluding hydrogens is 242 g/mol. The third kappa shape index (κ3) is 2.59. The molecular formula is C14H15N3O2. The van der Waals surface area contributed by atoms with E-state index in [1.54, 1.807) is 18.4 Å². The normalized spacial score (nSPS) is 14.3. The van der Waals surface area contributed by atoms with Gasteiger partial charge < -0.3 is 15.1 Å². The summed E-state index contributed by atoms with van der Waals surface area (Å²) in [4.78, 5) is 18.4. The Morgan fingerprint density at radius 1 is 1.42 bits per heavy atom. The van der Waals surface area contributed by atoms with Crippen LogP contribution in [-0.2, 0) is 6.54 Å². The smallest absolute Gasteiger partial charge is 0.273 e. The van der Waals surface area contributed by atoms with Crippen molar-refractivity contribution in [3.8, 4) is 0 Å². The average molecular weight is 257 g/mol. The van der Waals surface area contributed by atoms with Crippen LogP contribution in [-0.4, -0.2) is 21.8 Å². The predicted molar refractivity (Wildman–Crippen MR) is 70.3 cm³/mol. The van der Waals surface area contributed by atoms with Crippen molar-refractivity contribution in [1.29, 1.82) is 0 Å². The number of hydrogen-bond donors (Lipinski definition) is 1. The van der Waals surface area contributed by atoms with Crippen molar-refractivity contribution in [2.45, 2.75) is 25.4 Å². The lowest BCUT2D eigenvalue weighted by molar-refractivity contribution is 0.0711. The molecule has 0 spiro atoms. The summed E-state index contributed by atoms with van der Waals surface area (Å²) in [7, 11) is 0. The highest BCUT2D eigenvalue weighted by atomic mass is 16.3. The molecule has 0 radical (unpaired) electrons. The summed E-state index contributed by atoms with van der Waals surface area (Å²) < 4.78 is 5.31. The number of anilines is 1. The van der Waals surface area contributed by atoms with Crippen LogP contribution >= 0.6 is 0 Å². The first-order valence-corrected chi connectivity index (χ1v) is 6.29. The second-order valence-electron chi connectivity index (χ2n) is 4.72. The zero-order valence-electron chi connectivity index (χ0n) is 10.5. The molecule has 1 aliphatic carbocycles. The average Bonchev–Trinajstić information content (AvgIpc) is 3.13. The van der Waals surface area contributed by atoms with Gasteiger partial charge in [-0.15, -0.1) is 0 Å². The summed E-state index contributed by atoms with van der Waals surface area (Å²) in [6.07, 6.45) is 5.21. The zero-order chi connectivity index (χ0) is 13.2. The van der Waals surface area contributed by atoms with Crippen molar-refractivity contribution in [3.05, 3.63) is 48.2 Å². The van der Waals surface area contributed by atoms with Crippen molar-refractivity contribution in [2.24, 2.45) is 0 Å². The van der Waals surface area contributed by atoms with E-state index >= 15 is 0 Å². The Hall–Kier alpha value is -2.30. The first-order valence-electron chi connectivity index (χ1n) is 6.29. The Kier molecular flexibility index (Phi) is 2.95. The second-order valence-corrected chi connectivity index (χ2v) is 4.72. The van der Waals surface area contributed by atoms with Gasteiger partial charge in [-0.3, -0.25) is 4.79 Å². The number of pyridine rings is 1. The number of rotatable bonds is 4. The van der Waals surface area contributed by atoms with Crippen molar-refractivity contribution in [1.82, 2.24) is 9.88 Å². The Balaban J connectivity index is 1.79. The van der Waals surface area contributed by atoms with E-state index in [1.165, 1.54) is 6.20 Å². The molecule has 0 aliphatic heterocycles. The fourth-order valence-electron chi connectivity index (χ4n) is 2.00. The molecule has 5 heteroatoms. The van der Waals surface area contributed by atoms with Gasteiger partial charge in [0.05, 0.1) is 24.7 Å². The van der Waals surface area contributed by atoms with Gasteiger partial charge in [0, 0.05) is 6.04 Å². The number of aromatic nitrogens is 1. The maximum absolute atomic E-state index is 12.4. The number of nitrogens with zero attached hydrogens (tertiary/aromatic N) is 2. The highest BCUT2D eigenvalue weighted by Crippen LogP contribution is 2.29. The van der Waals surface area contributed by atoms with Gasteiger partial charge in [-0.2, -0.15) is 0 Å². The standard InChI is InChI=1S/C14H15N3O2/c15-10-3-6-13(16-8-10)14(18)17(11-4-5-11)9-12-2-1-7-19-12/h1-3,6-8,11H,4-5,9,15H2. The van der Waals surface area contributed by atoms with Gasteiger partial charge in [0.2, 0.25) is 0 Å². The number of hydrogen-bond acceptors (Lipinski definition) is 4. The molecule has 0 atom stereocenters. The quantitative estimate of drug-likeness (QED) is 0.910. The third-order valence-electron chi connectivity index (χ3n) is 3.16. The van der Waals surface area contributed by atoms with E-state index < -0.39 is 0 Å². The maximum Gasteiger partial charge on any atom is 0.273 e. The molecule has 0 aromatic carbocycles. The zero-order valence-corrected chi connectivity index (χ0v) is 10.5. The van der Waals surface area contributed by atoms with Crippen molar-refractivity contribution in [3.63, 3.8) is 0 Å². The van der Waals surface area contributed by atoms with Gasteiger partial charge in [0.25, 0.3) is 5.91 Å². The van der Waals surface area contributed by atoms with Crippen LogP contribution in [0.5, 0.6) is 0 Å². The van der Waals surface area contributed by atoms with E-state index in [2.05, 4.69) is 4.98 Å². The molecule has 2 aromatic rings. The van der Waals surface area contributed by atoms with Crippen molar-refractivity contribution < 1.29 is 9.21 Å². The Bertz CT molecular complexity index is 559. The minimum absolute atomic E-state index is 0.0705. The highest BCUT2D eigenvalue weighted by molar-refractivity contribution is 5.92. The number of nitrogen functional groups attached to an aromatic ring is 1. The van der Waals surface area contributed by atoms with Crippen molar-refractivity contribution in [2.75, 3.05) is 5.73 Å². The fourth-order valence-corrected chi connectivity index (χ4v) is 2.00. The summed E-state index contributed by atoms with van der Waals surface area (Å²) in [5.74, 6) is 0.717. The Morgan fingerprint density at radius 3 is 2.84 bits per heavy atom. The molecule has 3 rings (SSSR count). The van der Waals surface area contributed by atoms with Gasteiger partial charge in [0.15, 0.2) is 0 Å². The summed E-state index contributed by atoms with van der Waals surface area (Å²) in [6.45, 7) is 0.489. The highest BCUT2D eigenvalue weighted by Gasteiger charge is 2.34. The summed E-state index contributed by atoms with van der Waals surface area (Å²) in [5.41, 5.74) is 6.56. The van der Waals surface area contributed by atoms with Gasteiger partial charge in [0.1, 0.15) is 11.5 Å². The second kappa shape index (κ2) is 4.76. The molecule has 1 aliphatic rings. The summed E-state index contributed by atoms with van der Waals surface area (Å²) in [6, 6.07) is 7.36. The molecule has 0 saturated heterocycles. The van der Waals surface area contributed by atoms with E-state index in [1.807, 2.05) is 17.0 Å². The van der Waals surface area contributed by atoms with E-state index in [0.29, 0.717) is 24.0 Å². The first-order chi connectivity index (χ1) is 9.24. The Labute approximate surface area is 111 Å². The SMILES string of the molecule is Nc1ccc(C(=O)N(Cc2ccco2)C2CC2)nc1. The van der Waals surface area contributed by atoms with Crippen LogP contribution in [0.15, 0.2) is 41.1 Å². The molecule has 1 amide bonds. The molecule has 2 aromatic heterocycles. The molecule has 1 fully saturated rings. The minimum atomic E-state index is -0.0705. The van der Waals surface area contributed by atoms with Crippen LogP contribution in [0.25, 0.3) is 0 Å². The molecule has 0 bridgehead atoms. The monoisotopic (exact) mass is 257 g/mol. The molecule has 5 nitrogen and oxygen atoms in total. The maximum atomic E-state index is 12.4. The van der Waals surface area contributed by atoms with Crippen LogP contribution in [0.4, 0.5) is 5.69 Å². The van der Waals surface area contributed by atoms with E-state index in [0.717, 1.165) is 18.6 Å². The Morgan fingerprint density at radius 2 is 2.26 bits per heavy atom. The van der Waals surface area contributed by atoms with Crippen molar-refractivity contribution >= 4 is 11.6 Å². The number of furan rings is 1. The van der Waals surface area contributed by atoms with Crippen LogP contribution in [0.1, 0.15) is 29.1 Å². The van der Waals surface area contributed by atoms with Crippen LogP contribution in [0.3, 0.4) is 0 Å². The first kappa shape index (κ1) is 11.8. The fraction of sp³-hybridized carbons (Fsp3) is 0.286. The molecule has 19 heavy (non-hydrogen) atoms. The molecule has 2 N–H and O–H groups in total. The van der Waals surface area contributed by atoms with E-state index in [9.17, 15) is 4.79 Å². The number of nitrogens with two attached hydrogens (primary N) is 1. The van der Waals surface area contributed by atoms with E-state index in [4.69, 9.17) is 10.2 Å². The van der Waals surface area contributed by atoms with Gasteiger partial charge in [-0.05, 0) is 37.1 Å². The topological polar surface area (TPSA) is 72.4 Å².